The van der Waals surface area contributed by atoms with E-state index in [1.165, 1.54) is 5.56 Å². The third kappa shape index (κ3) is 2.99. The van der Waals surface area contributed by atoms with Crippen molar-refractivity contribution in [2.75, 3.05) is 6.61 Å². The fourth-order valence-electron chi connectivity index (χ4n) is 2.42. The summed E-state index contributed by atoms with van der Waals surface area (Å²) in [5.41, 5.74) is 4.74. The van der Waals surface area contributed by atoms with Gasteiger partial charge in [-0.2, -0.15) is 5.10 Å². The van der Waals surface area contributed by atoms with Crippen molar-refractivity contribution < 1.29 is 9.53 Å². The van der Waals surface area contributed by atoms with Gasteiger partial charge in [-0.1, -0.05) is 26.0 Å². The van der Waals surface area contributed by atoms with Gasteiger partial charge in [0.25, 0.3) is 0 Å². The molecular formula is C17H22N2O2. The third-order valence-corrected chi connectivity index (χ3v) is 3.44. The molecular weight excluding hydrogens is 264 g/mol. The van der Waals surface area contributed by atoms with Crippen molar-refractivity contribution in [3.63, 3.8) is 0 Å². The molecule has 4 nitrogen and oxygen atoms in total. The highest BCUT2D eigenvalue weighted by molar-refractivity contribution is 5.90. The van der Waals surface area contributed by atoms with E-state index in [9.17, 15) is 4.79 Å². The third-order valence-electron chi connectivity index (χ3n) is 3.44. The van der Waals surface area contributed by atoms with Crippen LogP contribution < -0.4 is 0 Å². The van der Waals surface area contributed by atoms with E-state index in [2.05, 4.69) is 37.1 Å². The quantitative estimate of drug-likeness (QED) is 0.803. The van der Waals surface area contributed by atoms with Gasteiger partial charge in [-0.3, -0.25) is 0 Å². The lowest BCUT2D eigenvalue weighted by Gasteiger charge is -2.14. The molecule has 21 heavy (non-hydrogen) atoms. The van der Waals surface area contributed by atoms with Crippen molar-refractivity contribution in [3.05, 3.63) is 46.8 Å². The van der Waals surface area contributed by atoms with Crippen molar-refractivity contribution in [2.24, 2.45) is 0 Å². The van der Waals surface area contributed by atoms with E-state index in [4.69, 9.17) is 4.74 Å². The van der Waals surface area contributed by atoms with Crippen LogP contribution in [-0.4, -0.2) is 22.4 Å². The molecule has 2 aromatic rings. The Bertz CT molecular complexity index is 657. The Morgan fingerprint density at radius 3 is 2.67 bits per heavy atom. The second-order valence-corrected chi connectivity index (χ2v) is 5.52. The van der Waals surface area contributed by atoms with Crippen LogP contribution in [0.4, 0.5) is 0 Å². The highest BCUT2D eigenvalue weighted by Gasteiger charge is 2.22. The van der Waals surface area contributed by atoms with E-state index < -0.39 is 0 Å². The molecule has 0 saturated carbocycles. The molecule has 0 aliphatic rings. The summed E-state index contributed by atoms with van der Waals surface area (Å²) in [4.78, 5) is 12.1. The minimum Gasteiger partial charge on any atom is -0.462 e. The maximum atomic E-state index is 12.1. The van der Waals surface area contributed by atoms with Crippen molar-refractivity contribution in [2.45, 2.75) is 40.5 Å². The highest BCUT2D eigenvalue weighted by atomic mass is 16.5. The number of ether oxygens (including phenoxy) is 1. The number of rotatable bonds is 4. The predicted octanol–water partition coefficient (Wildman–Crippen LogP) is 3.79. The van der Waals surface area contributed by atoms with Gasteiger partial charge in [0.15, 0.2) is 0 Å². The second-order valence-electron chi connectivity index (χ2n) is 5.52. The number of hydrogen-bond acceptors (Lipinski definition) is 3. The summed E-state index contributed by atoms with van der Waals surface area (Å²) in [5, 5.41) is 4.43. The van der Waals surface area contributed by atoms with Crippen LogP contribution in [0.1, 0.15) is 53.9 Å². The molecule has 0 radical (unpaired) electrons. The Morgan fingerprint density at radius 2 is 2.05 bits per heavy atom. The molecule has 0 aliphatic heterocycles. The first-order chi connectivity index (χ1) is 9.95. The first kappa shape index (κ1) is 15.3. The van der Waals surface area contributed by atoms with Crippen molar-refractivity contribution in [3.8, 4) is 5.69 Å². The molecule has 1 aromatic heterocycles. The molecule has 0 atom stereocenters. The summed E-state index contributed by atoms with van der Waals surface area (Å²) in [6.07, 6.45) is 1.61. The highest BCUT2D eigenvalue weighted by Crippen LogP contribution is 2.25. The first-order valence-electron chi connectivity index (χ1n) is 7.28. The average Bonchev–Trinajstić information content (AvgIpc) is 2.86. The van der Waals surface area contributed by atoms with Gasteiger partial charge < -0.3 is 4.74 Å². The molecule has 2 rings (SSSR count). The summed E-state index contributed by atoms with van der Waals surface area (Å²) >= 11 is 0. The van der Waals surface area contributed by atoms with Gasteiger partial charge in [0.2, 0.25) is 0 Å². The zero-order valence-corrected chi connectivity index (χ0v) is 13.3. The number of hydrogen-bond donors (Lipinski definition) is 0. The number of nitrogens with zero attached hydrogens (tertiary/aromatic N) is 2. The monoisotopic (exact) mass is 286 g/mol. The number of aryl methyl sites for hydroxylation is 2. The van der Waals surface area contributed by atoms with E-state index in [1.807, 2.05) is 25.5 Å². The van der Waals surface area contributed by atoms with Gasteiger partial charge in [-0.15, -0.1) is 0 Å². The maximum absolute atomic E-state index is 12.1. The van der Waals surface area contributed by atoms with Crippen LogP contribution in [-0.2, 0) is 4.74 Å². The summed E-state index contributed by atoms with van der Waals surface area (Å²) < 4.78 is 6.99. The first-order valence-corrected chi connectivity index (χ1v) is 7.28. The van der Waals surface area contributed by atoms with Gasteiger partial charge >= 0.3 is 5.97 Å². The molecule has 0 unspecified atom stereocenters. The molecule has 1 aromatic carbocycles. The Labute approximate surface area is 125 Å². The number of esters is 1. The summed E-state index contributed by atoms with van der Waals surface area (Å²) in [5.74, 6) is -0.135. The van der Waals surface area contributed by atoms with Gasteiger partial charge in [-0.25, -0.2) is 9.48 Å². The van der Waals surface area contributed by atoms with Gasteiger partial charge in [0, 0.05) is 0 Å². The molecule has 112 valence electrons. The van der Waals surface area contributed by atoms with E-state index >= 15 is 0 Å². The van der Waals surface area contributed by atoms with Crippen LogP contribution in [0.2, 0.25) is 0 Å². The molecule has 1 heterocycles. The standard InChI is InChI=1S/C17H22N2O2/c1-6-21-17(20)14-10-18-19(16(14)11(2)3)15-9-12(4)7-8-13(15)5/h7-11H,6H2,1-5H3. The molecule has 0 amide bonds. The van der Waals surface area contributed by atoms with Gasteiger partial charge in [-0.05, 0) is 43.9 Å². The number of carbonyl (C=O) groups is 1. The smallest absolute Gasteiger partial charge is 0.341 e. The van der Waals surface area contributed by atoms with E-state index in [-0.39, 0.29) is 11.9 Å². The molecule has 0 N–H and O–H groups in total. The van der Waals surface area contributed by atoms with Crippen LogP contribution in [0.25, 0.3) is 5.69 Å². The fourth-order valence-corrected chi connectivity index (χ4v) is 2.42. The average molecular weight is 286 g/mol. The topological polar surface area (TPSA) is 44.1 Å². The van der Waals surface area contributed by atoms with Crippen LogP contribution in [0.15, 0.2) is 24.4 Å². The predicted molar refractivity (Wildman–Crippen MR) is 83.1 cm³/mol. The SMILES string of the molecule is CCOC(=O)c1cnn(-c2cc(C)ccc2C)c1C(C)C. The molecule has 0 fully saturated rings. The van der Waals surface area contributed by atoms with Crippen molar-refractivity contribution in [1.82, 2.24) is 9.78 Å². The lowest BCUT2D eigenvalue weighted by molar-refractivity contribution is 0.0524. The zero-order chi connectivity index (χ0) is 15.6. The summed E-state index contributed by atoms with van der Waals surface area (Å²) in [6.45, 7) is 10.4. The lowest BCUT2D eigenvalue weighted by Crippen LogP contribution is -2.11. The lowest BCUT2D eigenvalue weighted by atomic mass is 10.0. The molecule has 0 spiro atoms. The Kier molecular flexibility index (Phi) is 4.46. The normalized spacial score (nSPS) is 11.0. The molecule has 4 heteroatoms. The number of benzene rings is 1. The Morgan fingerprint density at radius 1 is 1.33 bits per heavy atom. The Balaban J connectivity index is 2.59. The fraction of sp³-hybridized carbons (Fsp3) is 0.412. The van der Waals surface area contributed by atoms with E-state index in [0.717, 1.165) is 16.9 Å². The minimum atomic E-state index is -0.308. The summed E-state index contributed by atoms with van der Waals surface area (Å²) in [7, 11) is 0. The number of aromatic nitrogens is 2. The van der Waals surface area contributed by atoms with Gasteiger partial charge in [0.05, 0.1) is 24.2 Å². The Hall–Kier alpha value is -2.10. The second kappa shape index (κ2) is 6.12. The zero-order valence-electron chi connectivity index (χ0n) is 13.3. The van der Waals surface area contributed by atoms with E-state index in [0.29, 0.717) is 12.2 Å². The molecule has 0 bridgehead atoms. The van der Waals surface area contributed by atoms with Crippen LogP contribution in [0.5, 0.6) is 0 Å². The van der Waals surface area contributed by atoms with Crippen molar-refractivity contribution in [1.29, 1.82) is 0 Å². The largest absolute Gasteiger partial charge is 0.462 e. The van der Waals surface area contributed by atoms with Gasteiger partial charge in [0.1, 0.15) is 5.56 Å². The number of carbonyl (C=O) groups excluding carboxylic acids is 1. The van der Waals surface area contributed by atoms with Crippen LogP contribution in [0.3, 0.4) is 0 Å². The molecule has 0 aliphatic carbocycles. The minimum absolute atomic E-state index is 0.173. The van der Waals surface area contributed by atoms with Crippen molar-refractivity contribution >= 4 is 5.97 Å². The van der Waals surface area contributed by atoms with Crippen LogP contribution >= 0.6 is 0 Å². The van der Waals surface area contributed by atoms with E-state index in [1.54, 1.807) is 6.20 Å². The van der Waals surface area contributed by atoms with Crippen LogP contribution in [0, 0.1) is 13.8 Å². The summed E-state index contributed by atoms with van der Waals surface area (Å²) in [6, 6.07) is 6.23. The maximum Gasteiger partial charge on any atom is 0.341 e. The molecule has 0 saturated heterocycles.